The van der Waals surface area contributed by atoms with E-state index in [4.69, 9.17) is 4.42 Å². The van der Waals surface area contributed by atoms with Crippen LogP contribution in [0.3, 0.4) is 0 Å². The van der Waals surface area contributed by atoms with Crippen LogP contribution < -0.4 is 5.32 Å². The molecule has 3 heteroatoms. The van der Waals surface area contributed by atoms with E-state index >= 15 is 0 Å². The van der Waals surface area contributed by atoms with Crippen LogP contribution in [-0.2, 0) is 6.42 Å². The van der Waals surface area contributed by atoms with E-state index in [9.17, 15) is 0 Å². The van der Waals surface area contributed by atoms with Gasteiger partial charge in [-0.3, -0.25) is 4.98 Å². The van der Waals surface area contributed by atoms with Crippen LogP contribution in [0.4, 0.5) is 0 Å². The molecule has 1 N–H and O–H groups in total. The number of aromatic nitrogens is 1. The molecule has 0 spiro atoms. The first kappa shape index (κ1) is 10.9. The van der Waals surface area contributed by atoms with Crippen molar-refractivity contribution in [2.75, 3.05) is 7.05 Å². The molecule has 2 rings (SSSR count). The van der Waals surface area contributed by atoms with Gasteiger partial charge >= 0.3 is 0 Å². The molecule has 2 heterocycles. The molecule has 0 saturated carbocycles. The first-order valence-corrected chi connectivity index (χ1v) is 5.48. The van der Waals surface area contributed by atoms with Crippen molar-refractivity contribution in [1.82, 2.24) is 10.3 Å². The van der Waals surface area contributed by atoms with Gasteiger partial charge < -0.3 is 9.73 Å². The predicted octanol–water partition coefficient (Wildman–Crippen LogP) is 2.57. The average molecular weight is 216 g/mol. The molecule has 0 aliphatic carbocycles. The van der Waals surface area contributed by atoms with Gasteiger partial charge in [0.15, 0.2) is 0 Å². The van der Waals surface area contributed by atoms with Crippen molar-refractivity contribution < 1.29 is 4.42 Å². The van der Waals surface area contributed by atoms with Gasteiger partial charge in [-0.15, -0.1) is 0 Å². The van der Waals surface area contributed by atoms with Crippen LogP contribution in [0.2, 0.25) is 0 Å². The van der Waals surface area contributed by atoms with Gasteiger partial charge in [0, 0.05) is 24.0 Å². The lowest BCUT2D eigenvalue weighted by molar-refractivity contribution is 0.524. The van der Waals surface area contributed by atoms with Crippen molar-refractivity contribution in [3.63, 3.8) is 0 Å². The second-order valence-corrected chi connectivity index (χ2v) is 3.79. The second-order valence-electron chi connectivity index (χ2n) is 3.79. The zero-order valence-corrected chi connectivity index (χ0v) is 9.39. The van der Waals surface area contributed by atoms with E-state index in [1.165, 1.54) is 11.1 Å². The number of hydrogen-bond donors (Lipinski definition) is 1. The topological polar surface area (TPSA) is 38.1 Å². The zero-order chi connectivity index (χ0) is 11.2. The summed E-state index contributed by atoms with van der Waals surface area (Å²) in [5.41, 5.74) is 2.52. The third-order valence-electron chi connectivity index (χ3n) is 2.77. The summed E-state index contributed by atoms with van der Waals surface area (Å²) >= 11 is 0. The molecule has 84 valence electrons. The molecule has 0 aromatic carbocycles. The summed E-state index contributed by atoms with van der Waals surface area (Å²) in [4.78, 5) is 4.01. The lowest BCUT2D eigenvalue weighted by atomic mass is 10.0. The SMILES string of the molecule is CNC(CCc1ccncc1)c1ccoc1. The Morgan fingerprint density at radius 3 is 2.75 bits per heavy atom. The normalized spacial score (nSPS) is 12.6. The maximum absolute atomic E-state index is 5.10. The first-order valence-electron chi connectivity index (χ1n) is 5.48. The van der Waals surface area contributed by atoms with Gasteiger partial charge in [0.25, 0.3) is 0 Å². The Balaban J connectivity index is 1.94. The largest absolute Gasteiger partial charge is 0.472 e. The molecular weight excluding hydrogens is 200 g/mol. The fourth-order valence-corrected chi connectivity index (χ4v) is 1.81. The summed E-state index contributed by atoms with van der Waals surface area (Å²) in [6, 6.07) is 6.48. The lowest BCUT2D eigenvalue weighted by Crippen LogP contribution is -2.16. The highest BCUT2D eigenvalue weighted by molar-refractivity contribution is 5.14. The Morgan fingerprint density at radius 1 is 1.31 bits per heavy atom. The second kappa shape index (κ2) is 5.47. The van der Waals surface area contributed by atoms with Crippen LogP contribution in [0, 0.1) is 0 Å². The Kier molecular flexibility index (Phi) is 3.72. The van der Waals surface area contributed by atoms with Gasteiger partial charge in [-0.1, -0.05) is 0 Å². The van der Waals surface area contributed by atoms with E-state index in [-0.39, 0.29) is 0 Å². The van der Waals surface area contributed by atoms with Gasteiger partial charge in [0.2, 0.25) is 0 Å². The number of pyridine rings is 1. The number of furan rings is 1. The van der Waals surface area contributed by atoms with Gasteiger partial charge in [0.1, 0.15) is 0 Å². The molecule has 1 unspecified atom stereocenters. The molecule has 0 saturated heterocycles. The molecule has 2 aromatic rings. The van der Waals surface area contributed by atoms with Gasteiger partial charge in [-0.05, 0) is 43.7 Å². The van der Waals surface area contributed by atoms with Crippen LogP contribution in [0.15, 0.2) is 47.5 Å². The lowest BCUT2D eigenvalue weighted by Gasteiger charge is -2.13. The van der Waals surface area contributed by atoms with E-state index in [0.717, 1.165) is 12.8 Å². The van der Waals surface area contributed by atoms with Crippen LogP contribution in [0.1, 0.15) is 23.6 Å². The molecule has 0 aliphatic rings. The highest BCUT2D eigenvalue weighted by Crippen LogP contribution is 2.18. The van der Waals surface area contributed by atoms with Crippen LogP contribution >= 0.6 is 0 Å². The fourth-order valence-electron chi connectivity index (χ4n) is 1.81. The van der Waals surface area contributed by atoms with Crippen LogP contribution in [0.25, 0.3) is 0 Å². The molecule has 0 fully saturated rings. The van der Waals surface area contributed by atoms with Crippen LogP contribution in [0.5, 0.6) is 0 Å². The minimum absolute atomic E-state index is 0.354. The molecular formula is C13H16N2O. The predicted molar refractivity (Wildman–Crippen MR) is 63.1 cm³/mol. The summed E-state index contributed by atoms with van der Waals surface area (Å²) < 4.78 is 5.10. The summed E-state index contributed by atoms with van der Waals surface area (Å²) in [5, 5.41) is 3.30. The number of aryl methyl sites for hydroxylation is 1. The smallest absolute Gasteiger partial charge is 0.0950 e. The summed E-state index contributed by atoms with van der Waals surface area (Å²) in [7, 11) is 1.98. The molecule has 0 aliphatic heterocycles. The molecule has 3 nitrogen and oxygen atoms in total. The van der Waals surface area contributed by atoms with Crippen molar-refractivity contribution >= 4 is 0 Å². The third-order valence-corrected chi connectivity index (χ3v) is 2.77. The Hall–Kier alpha value is -1.61. The number of rotatable bonds is 5. The molecule has 1 atom stereocenters. The summed E-state index contributed by atoms with van der Waals surface area (Å²) in [5.74, 6) is 0. The number of hydrogen-bond acceptors (Lipinski definition) is 3. The van der Waals surface area contributed by atoms with Crippen molar-refractivity contribution in [3.05, 3.63) is 54.2 Å². The zero-order valence-electron chi connectivity index (χ0n) is 9.39. The van der Waals surface area contributed by atoms with E-state index in [1.807, 2.05) is 25.5 Å². The van der Waals surface area contributed by atoms with Gasteiger partial charge in [-0.25, -0.2) is 0 Å². The van der Waals surface area contributed by atoms with Crippen molar-refractivity contribution in [1.29, 1.82) is 0 Å². The number of nitrogens with zero attached hydrogens (tertiary/aromatic N) is 1. The minimum atomic E-state index is 0.354. The van der Waals surface area contributed by atoms with E-state index < -0.39 is 0 Å². The maximum Gasteiger partial charge on any atom is 0.0950 e. The van der Waals surface area contributed by atoms with E-state index in [0.29, 0.717) is 6.04 Å². The van der Waals surface area contributed by atoms with E-state index in [1.54, 1.807) is 12.5 Å². The molecule has 16 heavy (non-hydrogen) atoms. The molecule has 0 amide bonds. The Bertz CT molecular complexity index is 397. The molecule has 0 bridgehead atoms. The van der Waals surface area contributed by atoms with Crippen LogP contribution in [-0.4, -0.2) is 12.0 Å². The molecule has 0 radical (unpaired) electrons. The minimum Gasteiger partial charge on any atom is -0.472 e. The quantitative estimate of drug-likeness (QED) is 0.834. The van der Waals surface area contributed by atoms with Crippen molar-refractivity contribution in [2.24, 2.45) is 0 Å². The van der Waals surface area contributed by atoms with Crippen molar-refractivity contribution in [2.45, 2.75) is 18.9 Å². The summed E-state index contributed by atoms with van der Waals surface area (Å²) in [6.07, 6.45) is 9.28. The van der Waals surface area contributed by atoms with E-state index in [2.05, 4.69) is 22.4 Å². The standard InChI is InChI=1S/C13H16N2O/c1-14-13(12-6-9-16-10-12)3-2-11-4-7-15-8-5-11/h4-10,13-14H,2-3H2,1H3. The third kappa shape index (κ3) is 2.70. The van der Waals surface area contributed by atoms with Crippen molar-refractivity contribution in [3.8, 4) is 0 Å². The highest BCUT2D eigenvalue weighted by Gasteiger charge is 2.09. The monoisotopic (exact) mass is 216 g/mol. The Labute approximate surface area is 95.5 Å². The molecule has 2 aromatic heterocycles. The average Bonchev–Trinajstić information content (AvgIpc) is 2.85. The Morgan fingerprint density at radius 2 is 2.12 bits per heavy atom. The maximum atomic E-state index is 5.10. The fraction of sp³-hybridized carbons (Fsp3) is 0.308. The number of nitrogens with one attached hydrogen (secondary N) is 1. The van der Waals surface area contributed by atoms with Gasteiger partial charge in [-0.2, -0.15) is 0 Å². The first-order chi connectivity index (χ1) is 7.90. The highest BCUT2D eigenvalue weighted by atomic mass is 16.3. The summed E-state index contributed by atoms with van der Waals surface area (Å²) in [6.45, 7) is 0. The van der Waals surface area contributed by atoms with Gasteiger partial charge in [0.05, 0.1) is 12.5 Å².